The number of carbonyl (C=O) groups is 1. The van der Waals surface area contributed by atoms with Crippen LogP contribution in [0.5, 0.6) is 0 Å². The molecule has 0 bridgehead atoms. The van der Waals surface area contributed by atoms with Crippen molar-refractivity contribution >= 4 is 33.2 Å². The number of non-ortho nitro benzene ring substituents is 1. The van der Waals surface area contributed by atoms with Crippen LogP contribution in [0.4, 0.5) is 11.4 Å². The Labute approximate surface area is 123 Å². The summed E-state index contributed by atoms with van der Waals surface area (Å²) in [5.74, 6) is -0.314. The molecule has 6 heteroatoms. The number of aryl methyl sites for hydroxylation is 1. The van der Waals surface area contributed by atoms with E-state index < -0.39 is 4.92 Å². The smallest absolute Gasteiger partial charge is 0.271 e. The molecule has 20 heavy (non-hydrogen) atoms. The van der Waals surface area contributed by atoms with Gasteiger partial charge in [-0.25, -0.2) is 0 Å². The lowest BCUT2D eigenvalue weighted by molar-refractivity contribution is -0.384. The van der Waals surface area contributed by atoms with Gasteiger partial charge in [-0.3, -0.25) is 14.9 Å². The molecule has 0 saturated heterocycles. The summed E-state index contributed by atoms with van der Waals surface area (Å²) in [6.07, 6.45) is 0. The number of hydrogen-bond donors (Lipinski definition) is 1. The first-order valence-corrected chi connectivity index (χ1v) is 6.58. The first kappa shape index (κ1) is 14.2. The van der Waals surface area contributed by atoms with Crippen molar-refractivity contribution in [2.75, 3.05) is 5.32 Å². The summed E-state index contributed by atoms with van der Waals surface area (Å²) in [4.78, 5) is 22.3. The standard InChI is InChI=1S/C14H11BrN2O3/c1-9-2-4-10(5-3-9)14(18)16-13-8-11(17(19)20)6-7-12(13)15/h2-8H,1H3,(H,16,18). The second-order valence-corrected chi connectivity index (χ2v) is 5.10. The van der Waals surface area contributed by atoms with E-state index in [2.05, 4.69) is 21.2 Å². The van der Waals surface area contributed by atoms with Crippen molar-refractivity contribution in [3.8, 4) is 0 Å². The molecule has 0 radical (unpaired) electrons. The van der Waals surface area contributed by atoms with E-state index in [1.807, 2.05) is 19.1 Å². The number of rotatable bonds is 3. The molecular weight excluding hydrogens is 324 g/mol. The second kappa shape index (κ2) is 5.83. The fourth-order valence-corrected chi connectivity index (χ4v) is 1.97. The minimum absolute atomic E-state index is 0.0765. The van der Waals surface area contributed by atoms with Crippen LogP contribution in [-0.4, -0.2) is 10.8 Å². The summed E-state index contributed by atoms with van der Waals surface area (Å²) in [6.45, 7) is 1.93. The molecule has 0 saturated carbocycles. The predicted octanol–water partition coefficient (Wildman–Crippen LogP) is 3.92. The molecule has 0 spiro atoms. The van der Waals surface area contributed by atoms with Crippen LogP contribution in [0.1, 0.15) is 15.9 Å². The third kappa shape index (κ3) is 3.21. The van der Waals surface area contributed by atoms with Crippen LogP contribution in [0, 0.1) is 17.0 Å². The molecule has 0 aliphatic carbocycles. The van der Waals surface area contributed by atoms with E-state index in [9.17, 15) is 14.9 Å². The number of halogens is 1. The molecule has 0 aromatic heterocycles. The van der Waals surface area contributed by atoms with Crippen molar-refractivity contribution in [3.63, 3.8) is 0 Å². The van der Waals surface area contributed by atoms with Gasteiger partial charge < -0.3 is 5.32 Å². The first-order valence-electron chi connectivity index (χ1n) is 5.79. The van der Waals surface area contributed by atoms with Crippen molar-refractivity contribution < 1.29 is 9.72 Å². The van der Waals surface area contributed by atoms with E-state index in [-0.39, 0.29) is 11.6 Å². The molecular formula is C14H11BrN2O3. The van der Waals surface area contributed by atoms with Crippen molar-refractivity contribution in [3.05, 3.63) is 68.2 Å². The lowest BCUT2D eigenvalue weighted by Gasteiger charge is -2.07. The summed E-state index contributed by atoms with van der Waals surface area (Å²) >= 11 is 3.25. The Hall–Kier alpha value is -2.21. The number of anilines is 1. The van der Waals surface area contributed by atoms with Gasteiger partial charge in [-0.2, -0.15) is 0 Å². The minimum atomic E-state index is -0.506. The first-order chi connectivity index (χ1) is 9.47. The molecule has 1 amide bonds. The van der Waals surface area contributed by atoms with Gasteiger partial charge in [0.1, 0.15) is 0 Å². The van der Waals surface area contributed by atoms with E-state index in [1.165, 1.54) is 18.2 Å². The van der Waals surface area contributed by atoms with Crippen LogP contribution in [0.15, 0.2) is 46.9 Å². The SMILES string of the molecule is Cc1ccc(C(=O)Nc2cc([N+](=O)[O-])ccc2Br)cc1. The number of amides is 1. The Morgan fingerprint density at radius 1 is 1.20 bits per heavy atom. The van der Waals surface area contributed by atoms with Gasteiger partial charge in [-0.1, -0.05) is 17.7 Å². The number of hydrogen-bond acceptors (Lipinski definition) is 3. The van der Waals surface area contributed by atoms with E-state index >= 15 is 0 Å². The lowest BCUT2D eigenvalue weighted by Crippen LogP contribution is -2.12. The van der Waals surface area contributed by atoms with Gasteiger partial charge >= 0.3 is 0 Å². The predicted molar refractivity (Wildman–Crippen MR) is 79.9 cm³/mol. The summed E-state index contributed by atoms with van der Waals surface area (Å²) in [7, 11) is 0. The van der Waals surface area contributed by atoms with Gasteiger partial charge in [0.2, 0.25) is 0 Å². The summed E-state index contributed by atoms with van der Waals surface area (Å²) in [5, 5.41) is 13.4. The molecule has 2 aromatic carbocycles. The average molecular weight is 335 g/mol. The number of nitrogens with zero attached hydrogens (tertiary/aromatic N) is 1. The van der Waals surface area contributed by atoms with Gasteiger partial charge in [0.15, 0.2) is 0 Å². The zero-order valence-corrected chi connectivity index (χ0v) is 12.2. The Morgan fingerprint density at radius 2 is 1.85 bits per heavy atom. The molecule has 0 aliphatic rings. The Kier molecular flexibility index (Phi) is 4.14. The highest BCUT2D eigenvalue weighted by molar-refractivity contribution is 9.10. The third-order valence-electron chi connectivity index (χ3n) is 2.72. The van der Waals surface area contributed by atoms with Crippen LogP contribution in [0.3, 0.4) is 0 Å². The van der Waals surface area contributed by atoms with Crippen LogP contribution >= 0.6 is 15.9 Å². The van der Waals surface area contributed by atoms with E-state index in [0.29, 0.717) is 15.7 Å². The molecule has 0 fully saturated rings. The van der Waals surface area contributed by atoms with Crippen molar-refractivity contribution in [2.24, 2.45) is 0 Å². The molecule has 0 atom stereocenters. The Bertz CT molecular complexity index is 669. The van der Waals surface area contributed by atoms with E-state index in [1.54, 1.807) is 12.1 Å². The van der Waals surface area contributed by atoms with Crippen molar-refractivity contribution in [1.82, 2.24) is 0 Å². The van der Waals surface area contributed by atoms with Gasteiger partial charge in [0.25, 0.3) is 11.6 Å². The van der Waals surface area contributed by atoms with E-state index in [4.69, 9.17) is 0 Å². The highest BCUT2D eigenvalue weighted by Gasteiger charge is 2.12. The number of nitro benzene ring substituents is 1. The average Bonchev–Trinajstić information content (AvgIpc) is 2.41. The summed E-state index contributed by atoms with van der Waals surface area (Å²) < 4.78 is 0.587. The number of nitro groups is 1. The number of benzene rings is 2. The number of nitrogens with one attached hydrogen (secondary N) is 1. The zero-order valence-electron chi connectivity index (χ0n) is 10.6. The van der Waals surface area contributed by atoms with Crippen molar-refractivity contribution in [1.29, 1.82) is 0 Å². The maximum atomic E-state index is 12.1. The molecule has 0 unspecified atom stereocenters. The highest BCUT2D eigenvalue weighted by atomic mass is 79.9. The molecule has 0 heterocycles. The Morgan fingerprint density at radius 3 is 2.45 bits per heavy atom. The molecule has 102 valence electrons. The molecule has 2 aromatic rings. The second-order valence-electron chi connectivity index (χ2n) is 4.24. The number of carbonyl (C=O) groups excluding carboxylic acids is 1. The van der Waals surface area contributed by atoms with Crippen LogP contribution in [0.2, 0.25) is 0 Å². The summed E-state index contributed by atoms with van der Waals surface area (Å²) in [5.41, 5.74) is 1.84. The third-order valence-corrected chi connectivity index (χ3v) is 3.41. The fourth-order valence-electron chi connectivity index (χ4n) is 1.62. The van der Waals surface area contributed by atoms with Crippen LogP contribution < -0.4 is 5.32 Å². The van der Waals surface area contributed by atoms with Gasteiger partial charge in [-0.05, 0) is 41.1 Å². The quantitative estimate of drug-likeness (QED) is 0.683. The van der Waals surface area contributed by atoms with Crippen LogP contribution in [-0.2, 0) is 0 Å². The molecule has 5 nitrogen and oxygen atoms in total. The summed E-state index contributed by atoms with van der Waals surface area (Å²) in [6, 6.07) is 11.3. The molecule has 1 N–H and O–H groups in total. The Balaban J connectivity index is 2.25. The van der Waals surface area contributed by atoms with Gasteiger partial charge in [-0.15, -0.1) is 0 Å². The topological polar surface area (TPSA) is 72.2 Å². The molecule has 2 rings (SSSR count). The normalized spacial score (nSPS) is 10.1. The maximum Gasteiger partial charge on any atom is 0.271 e. The maximum absolute atomic E-state index is 12.1. The van der Waals surface area contributed by atoms with Crippen LogP contribution in [0.25, 0.3) is 0 Å². The van der Waals surface area contributed by atoms with Gasteiger partial charge in [0.05, 0.1) is 10.6 Å². The van der Waals surface area contributed by atoms with Crippen molar-refractivity contribution in [2.45, 2.75) is 6.92 Å². The lowest BCUT2D eigenvalue weighted by atomic mass is 10.1. The largest absolute Gasteiger partial charge is 0.321 e. The monoisotopic (exact) mass is 334 g/mol. The zero-order chi connectivity index (χ0) is 14.7. The fraction of sp³-hybridized carbons (Fsp3) is 0.0714. The highest BCUT2D eigenvalue weighted by Crippen LogP contribution is 2.27. The molecule has 0 aliphatic heterocycles. The van der Waals surface area contributed by atoms with E-state index in [0.717, 1.165) is 5.56 Å². The van der Waals surface area contributed by atoms with Gasteiger partial charge in [0, 0.05) is 22.2 Å². The minimum Gasteiger partial charge on any atom is -0.321 e.